The number of para-hydroxylation sites is 1. The highest BCUT2D eigenvalue weighted by atomic mass is 16.5. The van der Waals surface area contributed by atoms with Gasteiger partial charge in [0.25, 0.3) is 5.91 Å². The van der Waals surface area contributed by atoms with Crippen molar-refractivity contribution in [3.63, 3.8) is 0 Å². The van der Waals surface area contributed by atoms with Crippen LogP contribution in [0.4, 0.5) is 0 Å². The lowest BCUT2D eigenvalue weighted by Gasteiger charge is -2.29. The number of rotatable bonds is 6. The fourth-order valence-corrected chi connectivity index (χ4v) is 4.03. The highest BCUT2D eigenvalue weighted by molar-refractivity contribution is 5.91. The van der Waals surface area contributed by atoms with E-state index in [1.807, 2.05) is 60.7 Å². The van der Waals surface area contributed by atoms with Gasteiger partial charge in [0.2, 0.25) is 0 Å². The van der Waals surface area contributed by atoms with Gasteiger partial charge < -0.3 is 10.1 Å². The lowest BCUT2D eigenvalue weighted by molar-refractivity contribution is -0.125. The van der Waals surface area contributed by atoms with E-state index in [9.17, 15) is 9.59 Å². The Bertz CT molecular complexity index is 1030. The minimum atomic E-state index is -0.578. The summed E-state index contributed by atoms with van der Waals surface area (Å²) in [5.74, 6) is -0.395. The number of ether oxygens (including phenoxy) is 1. The van der Waals surface area contributed by atoms with Crippen LogP contribution < -0.4 is 5.32 Å². The Morgan fingerprint density at radius 1 is 1.03 bits per heavy atom. The van der Waals surface area contributed by atoms with Crippen molar-refractivity contribution in [2.75, 3.05) is 6.61 Å². The summed E-state index contributed by atoms with van der Waals surface area (Å²) in [6.07, 6.45) is 4.41. The summed E-state index contributed by atoms with van der Waals surface area (Å²) >= 11 is 0. The third-order valence-corrected chi connectivity index (χ3v) is 5.78. The molecule has 160 valence electrons. The Kier molecular flexibility index (Phi) is 6.46. The molecular formula is C25H27N3O3. The van der Waals surface area contributed by atoms with Gasteiger partial charge in [0.05, 0.1) is 11.4 Å². The lowest BCUT2D eigenvalue weighted by Crippen LogP contribution is -2.42. The van der Waals surface area contributed by atoms with Crippen molar-refractivity contribution in [1.82, 2.24) is 15.1 Å². The number of benzene rings is 2. The van der Waals surface area contributed by atoms with Crippen molar-refractivity contribution in [3.8, 4) is 16.9 Å². The second-order valence-electron chi connectivity index (χ2n) is 8.04. The van der Waals surface area contributed by atoms with E-state index >= 15 is 0 Å². The highest BCUT2D eigenvalue weighted by Crippen LogP contribution is 2.24. The molecule has 1 N–H and O–H groups in total. The van der Waals surface area contributed by atoms with Gasteiger partial charge in [-0.3, -0.25) is 4.79 Å². The summed E-state index contributed by atoms with van der Waals surface area (Å²) in [6.45, 7) is 1.85. The normalized spacial score (nSPS) is 18.4. The van der Waals surface area contributed by atoms with Crippen molar-refractivity contribution in [1.29, 1.82) is 0 Å². The molecule has 1 fully saturated rings. The van der Waals surface area contributed by atoms with Gasteiger partial charge in [-0.05, 0) is 37.0 Å². The van der Waals surface area contributed by atoms with Gasteiger partial charge in [-0.15, -0.1) is 0 Å². The number of carbonyl (C=O) groups is 2. The van der Waals surface area contributed by atoms with Crippen LogP contribution in [0.5, 0.6) is 0 Å². The van der Waals surface area contributed by atoms with E-state index < -0.39 is 5.97 Å². The van der Waals surface area contributed by atoms with Crippen LogP contribution in [0.25, 0.3) is 16.9 Å². The Morgan fingerprint density at radius 2 is 1.71 bits per heavy atom. The number of hydrogen-bond donors (Lipinski definition) is 1. The molecule has 1 amide bonds. The molecule has 3 aromatic rings. The molecule has 6 heteroatoms. The van der Waals surface area contributed by atoms with Crippen molar-refractivity contribution < 1.29 is 14.3 Å². The zero-order valence-electron chi connectivity index (χ0n) is 17.7. The van der Waals surface area contributed by atoms with E-state index in [4.69, 9.17) is 4.74 Å². The molecule has 2 aromatic carbocycles. The number of nitrogens with one attached hydrogen (secondary N) is 1. The molecule has 0 unspecified atom stereocenters. The van der Waals surface area contributed by atoms with Gasteiger partial charge in [0.15, 0.2) is 12.3 Å². The molecule has 0 spiro atoms. The standard InChI is InChI=1S/C25H27N3O3/c1-18-10-8-9-15-21(18)26-24(29)17-31-25(30)23-16-22(19-11-4-2-5-12-19)27-28(23)20-13-6-3-7-14-20/h2-7,11-14,16,18,21H,8-10,15,17H2,1H3,(H,26,29)/t18-,21+/m1/s1. The topological polar surface area (TPSA) is 73.2 Å². The average molecular weight is 418 g/mol. The van der Waals surface area contributed by atoms with E-state index in [0.29, 0.717) is 11.6 Å². The minimum absolute atomic E-state index is 0.152. The summed E-state index contributed by atoms with van der Waals surface area (Å²) in [6, 6.07) is 20.9. The molecule has 0 saturated heterocycles. The maximum absolute atomic E-state index is 12.9. The third-order valence-electron chi connectivity index (χ3n) is 5.78. The molecule has 1 aliphatic rings. The number of aromatic nitrogens is 2. The first-order valence-corrected chi connectivity index (χ1v) is 10.8. The van der Waals surface area contributed by atoms with Gasteiger partial charge >= 0.3 is 5.97 Å². The van der Waals surface area contributed by atoms with Gasteiger partial charge in [-0.1, -0.05) is 68.3 Å². The second-order valence-corrected chi connectivity index (χ2v) is 8.04. The summed E-state index contributed by atoms with van der Waals surface area (Å²) in [5.41, 5.74) is 2.59. The van der Waals surface area contributed by atoms with Crippen LogP contribution in [0.1, 0.15) is 43.1 Å². The van der Waals surface area contributed by atoms with Gasteiger partial charge in [-0.25, -0.2) is 9.48 Å². The fourth-order valence-electron chi connectivity index (χ4n) is 4.03. The molecule has 6 nitrogen and oxygen atoms in total. The molecular weight excluding hydrogens is 390 g/mol. The molecule has 0 bridgehead atoms. The maximum Gasteiger partial charge on any atom is 0.357 e. The van der Waals surface area contributed by atoms with Gasteiger partial charge in [0, 0.05) is 11.6 Å². The molecule has 1 aromatic heterocycles. The van der Waals surface area contributed by atoms with Crippen molar-refractivity contribution in [2.24, 2.45) is 5.92 Å². The van der Waals surface area contributed by atoms with E-state index in [0.717, 1.165) is 30.5 Å². The van der Waals surface area contributed by atoms with Crippen molar-refractivity contribution in [3.05, 3.63) is 72.4 Å². The molecule has 0 radical (unpaired) electrons. The Hall–Kier alpha value is -3.41. The molecule has 31 heavy (non-hydrogen) atoms. The third kappa shape index (κ3) is 5.02. The monoisotopic (exact) mass is 417 g/mol. The molecule has 1 saturated carbocycles. The molecule has 4 rings (SSSR count). The fraction of sp³-hybridized carbons (Fsp3) is 0.320. The van der Waals surface area contributed by atoms with Gasteiger partial charge in [-0.2, -0.15) is 5.10 Å². The van der Waals surface area contributed by atoms with Crippen molar-refractivity contribution >= 4 is 11.9 Å². The smallest absolute Gasteiger partial charge is 0.357 e. The van der Waals surface area contributed by atoms with E-state index in [2.05, 4.69) is 17.3 Å². The number of esters is 1. The maximum atomic E-state index is 12.9. The van der Waals surface area contributed by atoms with E-state index in [1.54, 1.807) is 10.7 Å². The predicted octanol–water partition coefficient (Wildman–Crippen LogP) is 4.39. The summed E-state index contributed by atoms with van der Waals surface area (Å²) in [7, 11) is 0. The summed E-state index contributed by atoms with van der Waals surface area (Å²) in [4.78, 5) is 25.2. The number of amides is 1. The summed E-state index contributed by atoms with van der Waals surface area (Å²) in [5, 5.41) is 7.63. The zero-order chi connectivity index (χ0) is 21.6. The van der Waals surface area contributed by atoms with E-state index in [1.165, 1.54) is 6.42 Å². The summed E-state index contributed by atoms with van der Waals surface area (Å²) < 4.78 is 6.93. The Labute approximate surface area is 182 Å². The zero-order valence-corrected chi connectivity index (χ0v) is 17.7. The molecule has 1 aliphatic carbocycles. The Balaban J connectivity index is 1.50. The minimum Gasteiger partial charge on any atom is -0.451 e. The second kappa shape index (κ2) is 9.60. The molecule has 2 atom stereocenters. The van der Waals surface area contributed by atoms with Crippen LogP contribution in [0.2, 0.25) is 0 Å². The highest BCUT2D eigenvalue weighted by Gasteiger charge is 2.24. The number of hydrogen-bond acceptors (Lipinski definition) is 4. The van der Waals surface area contributed by atoms with E-state index in [-0.39, 0.29) is 24.2 Å². The van der Waals surface area contributed by atoms with Crippen LogP contribution in [0, 0.1) is 5.92 Å². The van der Waals surface area contributed by atoms with Crippen LogP contribution in [-0.4, -0.2) is 34.3 Å². The molecule has 0 aliphatic heterocycles. The number of carbonyl (C=O) groups excluding carboxylic acids is 2. The first kappa shape index (κ1) is 20.8. The van der Waals surface area contributed by atoms with Crippen LogP contribution in [0.3, 0.4) is 0 Å². The van der Waals surface area contributed by atoms with Crippen molar-refractivity contribution in [2.45, 2.75) is 38.6 Å². The molecule has 1 heterocycles. The average Bonchev–Trinajstić information content (AvgIpc) is 3.26. The first-order chi connectivity index (χ1) is 15.1. The van der Waals surface area contributed by atoms with Gasteiger partial charge in [0.1, 0.15) is 0 Å². The lowest BCUT2D eigenvalue weighted by atomic mass is 9.86. The first-order valence-electron chi connectivity index (χ1n) is 10.8. The Morgan fingerprint density at radius 3 is 2.42 bits per heavy atom. The SMILES string of the molecule is C[C@@H]1CCCC[C@@H]1NC(=O)COC(=O)c1cc(-c2ccccc2)nn1-c1ccccc1. The van der Waals surface area contributed by atoms with Crippen LogP contribution >= 0.6 is 0 Å². The van der Waals surface area contributed by atoms with Crippen LogP contribution in [-0.2, 0) is 9.53 Å². The number of nitrogens with zero attached hydrogens (tertiary/aromatic N) is 2. The predicted molar refractivity (Wildman–Crippen MR) is 119 cm³/mol. The van der Waals surface area contributed by atoms with Crippen LogP contribution in [0.15, 0.2) is 66.7 Å². The largest absolute Gasteiger partial charge is 0.451 e. The quantitative estimate of drug-likeness (QED) is 0.604.